The van der Waals surface area contributed by atoms with Crippen LogP contribution >= 0.6 is 0 Å². The van der Waals surface area contributed by atoms with Crippen LogP contribution in [0.15, 0.2) is 24.3 Å². The van der Waals surface area contributed by atoms with Crippen molar-refractivity contribution in [3.05, 3.63) is 41.5 Å². The summed E-state index contributed by atoms with van der Waals surface area (Å²) in [7, 11) is 0. The average molecular weight is 308 g/mol. The quantitative estimate of drug-likeness (QED) is 0.869. The zero-order chi connectivity index (χ0) is 16.3. The normalized spacial score (nSPS) is 22.0. The zero-order valence-corrected chi connectivity index (χ0v) is 12.3. The molecule has 1 aromatic rings. The Morgan fingerprint density at radius 1 is 1.32 bits per heavy atom. The second-order valence-electron chi connectivity index (χ2n) is 5.52. The number of primary amides is 1. The number of benzene rings is 1. The van der Waals surface area contributed by atoms with E-state index in [1.807, 2.05) is 6.92 Å². The van der Waals surface area contributed by atoms with Crippen molar-refractivity contribution in [1.29, 1.82) is 0 Å². The van der Waals surface area contributed by atoms with Crippen molar-refractivity contribution in [2.45, 2.75) is 25.8 Å². The van der Waals surface area contributed by atoms with Gasteiger partial charge in [0.25, 0.3) is 0 Å². The molecule has 0 bridgehead atoms. The maximum absolute atomic E-state index is 13.5. The second-order valence-corrected chi connectivity index (χ2v) is 5.52. The number of hydrogen-bond donors (Lipinski definition) is 1. The molecule has 2 unspecified atom stereocenters. The molecule has 1 heterocycles. The van der Waals surface area contributed by atoms with E-state index >= 15 is 0 Å². The summed E-state index contributed by atoms with van der Waals surface area (Å²) in [5, 5.41) is 0. The molecule has 0 radical (unpaired) electrons. The minimum atomic E-state index is -0.604. The summed E-state index contributed by atoms with van der Waals surface area (Å²) in [5.74, 6) is -2.31. The van der Waals surface area contributed by atoms with Gasteiger partial charge in [0.05, 0.1) is 5.92 Å². The summed E-state index contributed by atoms with van der Waals surface area (Å²) in [5.41, 5.74) is 5.29. The smallest absolute Gasteiger partial charge is 0.246 e. The monoisotopic (exact) mass is 308 g/mol. The number of carbonyl (C=O) groups is 2. The minimum Gasteiger partial charge on any atom is -0.369 e. The second kappa shape index (κ2) is 6.68. The molecule has 22 heavy (non-hydrogen) atoms. The SMILES string of the molecule is CC1CCC(C(N)=O)CN1C(=O)C=Cc1cc(F)ccc1F. The zero-order valence-electron chi connectivity index (χ0n) is 12.3. The summed E-state index contributed by atoms with van der Waals surface area (Å²) < 4.78 is 26.6. The molecule has 4 nitrogen and oxygen atoms in total. The van der Waals surface area contributed by atoms with E-state index in [4.69, 9.17) is 5.73 Å². The number of halogens is 2. The van der Waals surface area contributed by atoms with Gasteiger partial charge in [-0.2, -0.15) is 0 Å². The molecule has 6 heteroatoms. The van der Waals surface area contributed by atoms with E-state index in [9.17, 15) is 18.4 Å². The van der Waals surface area contributed by atoms with Gasteiger partial charge in [0.1, 0.15) is 11.6 Å². The lowest BCUT2D eigenvalue weighted by Gasteiger charge is -2.36. The van der Waals surface area contributed by atoms with E-state index in [0.717, 1.165) is 18.2 Å². The third-order valence-electron chi connectivity index (χ3n) is 3.93. The molecular weight excluding hydrogens is 290 g/mol. The summed E-state index contributed by atoms with van der Waals surface area (Å²) in [6.45, 7) is 2.14. The Balaban J connectivity index is 2.11. The van der Waals surface area contributed by atoms with Gasteiger partial charge in [0.15, 0.2) is 0 Å². The lowest BCUT2D eigenvalue weighted by Crippen LogP contribution is -2.48. The van der Waals surface area contributed by atoms with Crippen LogP contribution in [0.2, 0.25) is 0 Å². The van der Waals surface area contributed by atoms with Crippen molar-refractivity contribution in [1.82, 2.24) is 4.90 Å². The minimum absolute atomic E-state index is 0.00413. The summed E-state index contributed by atoms with van der Waals surface area (Å²) in [6, 6.07) is 3.01. The van der Waals surface area contributed by atoms with Crippen LogP contribution in [0.1, 0.15) is 25.3 Å². The molecule has 0 aromatic heterocycles. The number of rotatable bonds is 3. The molecule has 0 spiro atoms. The maximum Gasteiger partial charge on any atom is 0.246 e. The Labute approximate surface area is 127 Å². The van der Waals surface area contributed by atoms with Crippen LogP contribution in [0.25, 0.3) is 6.08 Å². The van der Waals surface area contributed by atoms with Crippen LogP contribution in [0.4, 0.5) is 8.78 Å². The largest absolute Gasteiger partial charge is 0.369 e. The van der Waals surface area contributed by atoms with Crippen molar-refractivity contribution in [2.75, 3.05) is 6.54 Å². The number of hydrogen-bond acceptors (Lipinski definition) is 2. The molecule has 2 N–H and O–H groups in total. The predicted molar refractivity (Wildman–Crippen MR) is 78.5 cm³/mol. The van der Waals surface area contributed by atoms with Gasteiger partial charge in [-0.05, 0) is 44.0 Å². The third kappa shape index (κ3) is 3.69. The first-order valence-corrected chi connectivity index (χ1v) is 7.11. The molecule has 1 aliphatic rings. The highest BCUT2D eigenvalue weighted by Crippen LogP contribution is 2.22. The summed E-state index contributed by atoms with van der Waals surface area (Å²) >= 11 is 0. The van der Waals surface area contributed by atoms with Crippen molar-refractivity contribution in [3.63, 3.8) is 0 Å². The fourth-order valence-electron chi connectivity index (χ4n) is 2.55. The van der Waals surface area contributed by atoms with E-state index in [1.54, 1.807) is 0 Å². The van der Waals surface area contributed by atoms with Crippen LogP contribution in [0.5, 0.6) is 0 Å². The highest BCUT2D eigenvalue weighted by atomic mass is 19.1. The molecule has 0 saturated carbocycles. The average Bonchev–Trinajstić information content (AvgIpc) is 2.48. The van der Waals surface area contributed by atoms with Crippen LogP contribution in [-0.2, 0) is 9.59 Å². The Bertz CT molecular complexity index is 616. The van der Waals surface area contributed by atoms with Gasteiger partial charge in [0.2, 0.25) is 11.8 Å². The van der Waals surface area contributed by atoms with E-state index < -0.39 is 17.5 Å². The van der Waals surface area contributed by atoms with E-state index in [-0.39, 0.29) is 30.0 Å². The molecule has 2 amide bonds. The Kier molecular flexibility index (Phi) is 4.90. The molecule has 118 valence electrons. The van der Waals surface area contributed by atoms with Crippen LogP contribution in [0.3, 0.4) is 0 Å². The van der Waals surface area contributed by atoms with Crippen molar-refractivity contribution in [2.24, 2.45) is 11.7 Å². The van der Waals surface area contributed by atoms with Gasteiger partial charge >= 0.3 is 0 Å². The molecule has 1 fully saturated rings. The van der Waals surface area contributed by atoms with E-state index in [2.05, 4.69) is 0 Å². The lowest BCUT2D eigenvalue weighted by atomic mass is 9.93. The number of nitrogens with zero attached hydrogens (tertiary/aromatic N) is 1. The molecule has 1 aliphatic heterocycles. The first kappa shape index (κ1) is 16.1. The molecule has 0 aliphatic carbocycles. The van der Waals surface area contributed by atoms with Gasteiger partial charge in [0, 0.05) is 24.2 Å². The standard InChI is InChI=1S/C16H18F2N2O2/c1-10-2-3-12(16(19)22)9-20(10)15(21)7-4-11-8-13(17)5-6-14(11)18/h4-8,10,12H,2-3,9H2,1H3,(H2,19,22). The fourth-order valence-corrected chi connectivity index (χ4v) is 2.55. The van der Waals surface area contributed by atoms with Gasteiger partial charge in [-0.15, -0.1) is 0 Å². The number of likely N-dealkylation sites (tertiary alicyclic amines) is 1. The number of piperidine rings is 1. The van der Waals surface area contributed by atoms with Crippen molar-refractivity contribution in [3.8, 4) is 0 Å². The molecule has 2 rings (SSSR count). The molecule has 2 atom stereocenters. The topological polar surface area (TPSA) is 63.4 Å². The first-order valence-electron chi connectivity index (χ1n) is 7.11. The van der Waals surface area contributed by atoms with Crippen LogP contribution < -0.4 is 5.73 Å². The Hall–Kier alpha value is -2.24. The lowest BCUT2D eigenvalue weighted by molar-refractivity contribution is -0.133. The number of amides is 2. The molecule has 1 saturated heterocycles. The van der Waals surface area contributed by atoms with Crippen molar-refractivity contribution >= 4 is 17.9 Å². The Morgan fingerprint density at radius 3 is 2.73 bits per heavy atom. The van der Waals surface area contributed by atoms with Gasteiger partial charge in [-0.3, -0.25) is 9.59 Å². The van der Waals surface area contributed by atoms with Crippen LogP contribution in [-0.4, -0.2) is 29.3 Å². The van der Waals surface area contributed by atoms with E-state index in [1.165, 1.54) is 17.1 Å². The maximum atomic E-state index is 13.5. The fraction of sp³-hybridized carbons (Fsp3) is 0.375. The third-order valence-corrected chi connectivity index (χ3v) is 3.93. The highest BCUT2D eigenvalue weighted by molar-refractivity contribution is 5.92. The van der Waals surface area contributed by atoms with Gasteiger partial charge in [-0.1, -0.05) is 0 Å². The summed E-state index contributed by atoms with van der Waals surface area (Å²) in [4.78, 5) is 25.0. The van der Waals surface area contributed by atoms with E-state index in [0.29, 0.717) is 12.8 Å². The Morgan fingerprint density at radius 2 is 2.05 bits per heavy atom. The van der Waals surface area contributed by atoms with Gasteiger partial charge in [-0.25, -0.2) is 8.78 Å². The summed E-state index contributed by atoms with van der Waals surface area (Å²) in [6.07, 6.45) is 3.77. The molecule has 1 aromatic carbocycles. The van der Waals surface area contributed by atoms with Gasteiger partial charge < -0.3 is 10.6 Å². The highest BCUT2D eigenvalue weighted by Gasteiger charge is 2.30. The first-order chi connectivity index (χ1) is 10.4. The number of nitrogens with two attached hydrogens (primary N) is 1. The van der Waals surface area contributed by atoms with Crippen LogP contribution in [0, 0.1) is 17.6 Å². The number of carbonyl (C=O) groups excluding carboxylic acids is 2. The van der Waals surface area contributed by atoms with Crippen molar-refractivity contribution < 1.29 is 18.4 Å². The molecular formula is C16H18F2N2O2. The predicted octanol–water partition coefficient (Wildman–Crippen LogP) is 2.09.